The molecule has 1 heterocycles. The molecule has 0 saturated carbocycles. The van der Waals surface area contributed by atoms with E-state index in [2.05, 4.69) is 58.8 Å². The number of alkyl halides is 6. The van der Waals surface area contributed by atoms with Gasteiger partial charge in [0.05, 0.1) is 11.2 Å². The van der Waals surface area contributed by atoms with E-state index in [0.717, 1.165) is 16.6 Å². The number of nitrogens with zero attached hydrogens (tertiary/aromatic N) is 1. The summed E-state index contributed by atoms with van der Waals surface area (Å²) in [5, 5.41) is 1.15. The van der Waals surface area contributed by atoms with Gasteiger partial charge in [-0.1, -0.05) is 137 Å². The lowest BCUT2D eigenvalue weighted by atomic mass is 10.2. The molecule has 2 aromatic carbocycles. The number of benzene rings is 2. The van der Waals surface area contributed by atoms with Crippen molar-refractivity contribution in [3.8, 4) is 0 Å². The molecular formula is C17H11Br3Cl3N. The topological polar surface area (TPSA) is 12.9 Å². The lowest BCUT2D eigenvalue weighted by Gasteiger charge is -2.11. The van der Waals surface area contributed by atoms with Crippen LogP contribution in [0.2, 0.25) is 0 Å². The maximum absolute atomic E-state index is 5.59. The van der Waals surface area contributed by atoms with Crippen LogP contribution in [-0.4, -0.2) is 4.98 Å². The van der Waals surface area contributed by atoms with Crippen LogP contribution in [0.1, 0.15) is 11.3 Å². The van der Waals surface area contributed by atoms with Crippen molar-refractivity contribution < 1.29 is 0 Å². The minimum absolute atomic E-state index is 0.434. The third kappa shape index (κ3) is 6.15. The maximum Gasteiger partial charge on any atom is 0.216 e. The number of fused-ring (bicyclic) bond motifs is 1. The van der Waals surface area contributed by atoms with Crippen LogP contribution >= 0.6 is 82.6 Å². The fraction of sp³-hybridized carbons (Fsp3) is 0.118. The highest BCUT2D eigenvalue weighted by atomic mass is 80.0. The number of hydrogen-bond donors (Lipinski definition) is 0. The van der Waals surface area contributed by atoms with Gasteiger partial charge in [0.1, 0.15) is 0 Å². The van der Waals surface area contributed by atoms with E-state index in [9.17, 15) is 0 Å². The quantitative estimate of drug-likeness (QED) is 0.248. The Labute approximate surface area is 181 Å². The Bertz CT molecular complexity index is 799. The molecule has 0 aliphatic rings. The molecule has 0 unspecified atom stereocenters. The van der Waals surface area contributed by atoms with Crippen molar-refractivity contribution in [1.82, 2.24) is 4.98 Å². The molecule has 3 rings (SSSR count). The van der Waals surface area contributed by atoms with E-state index >= 15 is 0 Å². The van der Waals surface area contributed by atoms with Gasteiger partial charge in [-0.2, -0.15) is 0 Å². The molecule has 0 atom stereocenters. The second kappa shape index (κ2) is 8.70. The Morgan fingerprint density at radius 1 is 0.708 bits per heavy atom. The molecule has 126 valence electrons. The summed E-state index contributed by atoms with van der Waals surface area (Å²) in [4.78, 5) is 4.51. The average Bonchev–Trinajstić information content (AvgIpc) is 2.54. The van der Waals surface area contributed by atoms with Crippen molar-refractivity contribution in [3.05, 3.63) is 78.0 Å². The van der Waals surface area contributed by atoms with E-state index in [1.165, 1.54) is 0 Å². The van der Waals surface area contributed by atoms with Gasteiger partial charge in [-0.3, -0.25) is 0 Å². The van der Waals surface area contributed by atoms with Gasteiger partial charge in [-0.15, -0.1) is 0 Å². The lowest BCUT2D eigenvalue weighted by Crippen LogP contribution is -2.00. The molecule has 1 aromatic heterocycles. The first-order valence-corrected chi connectivity index (χ1v) is 10.2. The van der Waals surface area contributed by atoms with E-state index in [4.69, 9.17) is 34.8 Å². The summed E-state index contributed by atoms with van der Waals surface area (Å²) in [7, 11) is 0. The van der Waals surface area contributed by atoms with Crippen LogP contribution in [-0.2, 0) is 5.94 Å². The number of pyridine rings is 1. The fourth-order valence-electron chi connectivity index (χ4n) is 1.85. The first kappa shape index (κ1) is 20.5. The standard InChI is InChI=1S/C10H6Br3N.C7H5Cl3/c11-10(12,13)9-6-5-7-3-1-2-4-8(7)14-9;8-7(9,10)6-4-2-1-3-5-6/h1-6H;1-5H. The zero-order chi connectivity index (χ0) is 17.8. The monoisotopic (exact) mass is 571 g/mol. The third-order valence-corrected chi connectivity index (χ3v) is 4.86. The van der Waals surface area contributed by atoms with Crippen LogP contribution in [0.5, 0.6) is 0 Å². The molecule has 0 spiro atoms. The van der Waals surface area contributed by atoms with Gasteiger partial charge in [0.15, 0.2) is 2.14 Å². The summed E-state index contributed by atoms with van der Waals surface area (Å²) in [5.74, 6) is 0. The molecule has 0 fully saturated rings. The largest absolute Gasteiger partial charge is 0.249 e. The highest BCUT2D eigenvalue weighted by molar-refractivity contribution is 9.38. The Morgan fingerprint density at radius 3 is 1.83 bits per heavy atom. The predicted molar refractivity (Wildman–Crippen MR) is 116 cm³/mol. The molecule has 0 radical (unpaired) electrons. The number of halogens is 6. The van der Waals surface area contributed by atoms with Crippen LogP contribution in [0.15, 0.2) is 66.7 Å². The van der Waals surface area contributed by atoms with E-state index in [0.29, 0.717) is 5.56 Å². The second-order valence-electron chi connectivity index (χ2n) is 4.75. The second-order valence-corrected chi connectivity index (χ2v) is 13.8. The lowest BCUT2D eigenvalue weighted by molar-refractivity contribution is 1.20. The summed E-state index contributed by atoms with van der Waals surface area (Å²) >= 11 is 27.1. The smallest absolute Gasteiger partial charge is 0.216 e. The van der Waals surface area contributed by atoms with Crippen molar-refractivity contribution in [2.24, 2.45) is 0 Å². The van der Waals surface area contributed by atoms with Crippen molar-refractivity contribution in [1.29, 1.82) is 0 Å². The van der Waals surface area contributed by atoms with Crippen LogP contribution in [0, 0.1) is 0 Å². The van der Waals surface area contributed by atoms with E-state index in [1.54, 1.807) is 12.1 Å². The average molecular weight is 575 g/mol. The zero-order valence-corrected chi connectivity index (χ0v) is 19.1. The molecular weight excluding hydrogens is 564 g/mol. The van der Waals surface area contributed by atoms with Crippen molar-refractivity contribution >= 4 is 93.5 Å². The molecule has 1 nitrogen and oxygen atoms in total. The molecule has 7 heteroatoms. The third-order valence-electron chi connectivity index (χ3n) is 2.99. The van der Waals surface area contributed by atoms with Crippen molar-refractivity contribution in [2.75, 3.05) is 0 Å². The number of aromatic nitrogens is 1. The van der Waals surface area contributed by atoms with Crippen molar-refractivity contribution in [3.63, 3.8) is 0 Å². The molecule has 0 amide bonds. The molecule has 0 saturated heterocycles. The van der Waals surface area contributed by atoms with Crippen molar-refractivity contribution in [2.45, 2.75) is 5.94 Å². The maximum atomic E-state index is 5.59. The SMILES string of the molecule is BrC(Br)(Br)c1ccc2ccccc2n1.ClC(Cl)(Cl)c1ccccc1. The van der Waals surface area contributed by atoms with E-state index in [-0.39, 0.29) is 0 Å². The van der Waals surface area contributed by atoms with Gasteiger partial charge in [0.2, 0.25) is 3.79 Å². The van der Waals surface area contributed by atoms with Crippen LogP contribution in [0.3, 0.4) is 0 Å². The van der Waals surface area contributed by atoms with Gasteiger partial charge in [-0.25, -0.2) is 4.98 Å². The zero-order valence-electron chi connectivity index (χ0n) is 12.1. The van der Waals surface area contributed by atoms with Gasteiger partial charge in [0.25, 0.3) is 0 Å². The normalized spacial score (nSPS) is 11.8. The Kier molecular flexibility index (Phi) is 7.42. The Hall–Kier alpha value is 0.160. The molecule has 3 aromatic rings. The molecule has 0 aliphatic carbocycles. The molecule has 0 bridgehead atoms. The minimum Gasteiger partial charge on any atom is -0.249 e. The summed E-state index contributed by atoms with van der Waals surface area (Å²) < 4.78 is -1.72. The van der Waals surface area contributed by atoms with Crippen LogP contribution < -0.4 is 0 Å². The van der Waals surface area contributed by atoms with E-state index in [1.807, 2.05) is 48.5 Å². The first-order valence-electron chi connectivity index (χ1n) is 6.73. The summed E-state index contributed by atoms with van der Waals surface area (Å²) in [6, 6.07) is 21.1. The number of para-hydroxylation sites is 1. The van der Waals surface area contributed by atoms with Gasteiger partial charge < -0.3 is 0 Å². The fourth-order valence-corrected chi connectivity index (χ4v) is 2.89. The van der Waals surface area contributed by atoms with Crippen LogP contribution in [0.25, 0.3) is 10.9 Å². The predicted octanol–water partition coefficient (Wildman–Crippen LogP) is 8.04. The van der Waals surface area contributed by atoms with Gasteiger partial charge in [0, 0.05) is 10.9 Å². The van der Waals surface area contributed by atoms with E-state index < -0.39 is 5.94 Å². The molecule has 0 aliphatic heterocycles. The first-order chi connectivity index (χ1) is 11.2. The number of hydrogen-bond acceptors (Lipinski definition) is 1. The van der Waals surface area contributed by atoms with Gasteiger partial charge in [-0.05, 0) is 12.1 Å². The summed E-state index contributed by atoms with van der Waals surface area (Å²) in [6.07, 6.45) is 0. The number of rotatable bonds is 0. The minimum atomic E-state index is -1.29. The molecule has 0 N–H and O–H groups in total. The summed E-state index contributed by atoms with van der Waals surface area (Å²) in [6.45, 7) is 0. The van der Waals surface area contributed by atoms with Crippen LogP contribution in [0.4, 0.5) is 0 Å². The highest BCUT2D eigenvalue weighted by Crippen LogP contribution is 2.43. The summed E-state index contributed by atoms with van der Waals surface area (Å²) in [5.41, 5.74) is 2.59. The highest BCUT2D eigenvalue weighted by Gasteiger charge is 2.22. The van der Waals surface area contributed by atoms with Gasteiger partial charge >= 0.3 is 0 Å². The molecule has 24 heavy (non-hydrogen) atoms. The Morgan fingerprint density at radius 2 is 1.29 bits per heavy atom. The Balaban J connectivity index is 0.000000185.